The fraction of sp³-hybridized carbons (Fsp3) is 0.222. The standard InChI is InChI=1S/C18H19FN2O3/c1-13(22)21(11-14-6-3-4-9-17(14)24-2)12-18(23)20-16-8-5-7-15(19)10-16/h3-10H,11-12H2,1-2H3,(H,20,23). The Morgan fingerprint density at radius 1 is 1.17 bits per heavy atom. The summed E-state index contributed by atoms with van der Waals surface area (Å²) in [5.41, 5.74) is 1.15. The molecule has 24 heavy (non-hydrogen) atoms. The molecule has 0 bridgehead atoms. The van der Waals surface area contributed by atoms with E-state index >= 15 is 0 Å². The fourth-order valence-corrected chi connectivity index (χ4v) is 2.26. The number of methoxy groups -OCH3 is 1. The van der Waals surface area contributed by atoms with E-state index in [0.29, 0.717) is 11.4 Å². The molecule has 0 heterocycles. The highest BCUT2D eigenvalue weighted by molar-refractivity contribution is 5.94. The minimum absolute atomic E-state index is 0.135. The van der Waals surface area contributed by atoms with Crippen molar-refractivity contribution in [3.8, 4) is 5.75 Å². The fourth-order valence-electron chi connectivity index (χ4n) is 2.26. The van der Waals surface area contributed by atoms with Gasteiger partial charge in [-0.05, 0) is 24.3 Å². The predicted octanol–water partition coefficient (Wildman–Crippen LogP) is 2.82. The maximum absolute atomic E-state index is 13.1. The van der Waals surface area contributed by atoms with Gasteiger partial charge in [0, 0.05) is 24.7 Å². The van der Waals surface area contributed by atoms with Gasteiger partial charge in [-0.15, -0.1) is 0 Å². The summed E-state index contributed by atoms with van der Waals surface area (Å²) in [6.45, 7) is 1.50. The van der Waals surface area contributed by atoms with Crippen LogP contribution in [0.15, 0.2) is 48.5 Å². The molecule has 2 aromatic carbocycles. The predicted molar refractivity (Wildman–Crippen MR) is 89.1 cm³/mol. The molecule has 0 aliphatic heterocycles. The van der Waals surface area contributed by atoms with E-state index in [1.807, 2.05) is 18.2 Å². The minimum Gasteiger partial charge on any atom is -0.496 e. The Balaban J connectivity index is 2.05. The largest absolute Gasteiger partial charge is 0.496 e. The smallest absolute Gasteiger partial charge is 0.244 e. The number of anilines is 1. The number of nitrogens with one attached hydrogen (secondary N) is 1. The van der Waals surface area contributed by atoms with Crippen LogP contribution in [0.25, 0.3) is 0 Å². The molecule has 2 rings (SSSR count). The number of hydrogen-bond acceptors (Lipinski definition) is 3. The van der Waals surface area contributed by atoms with Gasteiger partial charge < -0.3 is 15.0 Å². The Kier molecular flexibility index (Phi) is 5.89. The lowest BCUT2D eigenvalue weighted by Gasteiger charge is -2.21. The maximum Gasteiger partial charge on any atom is 0.244 e. The monoisotopic (exact) mass is 330 g/mol. The van der Waals surface area contributed by atoms with Crippen LogP contribution >= 0.6 is 0 Å². The van der Waals surface area contributed by atoms with Gasteiger partial charge in [-0.1, -0.05) is 24.3 Å². The molecule has 0 radical (unpaired) electrons. The second-order valence-electron chi connectivity index (χ2n) is 5.25. The van der Waals surface area contributed by atoms with E-state index < -0.39 is 11.7 Å². The van der Waals surface area contributed by atoms with E-state index in [1.54, 1.807) is 19.2 Å². The molecule has 0 unspecified atom stereocenters. The van der Waals surface area contributed by atoms with Crippen LogP contribution in [0.4, 0.5) is 10.1 Å². The van der Waals surface area contributed by atoms with Crippen LogP contribution in [-0.2, 0) is 16.1 Å². The van der Waals surface area contributed by atoms with Crippen molar-refractivity contribution in [3.63, 3.8) is 0 Å². The van der Waals surface area contributed by atoms with Crippen molar-refractivity contribution < 1.29 is 18.7 Å². The molecule has 6 heteroatoms. The molecule has 0 saturated carbocycles. The summed E-state index contributed by atoms with van der Waals surface area (Å²) in [6.07, 6.45) is 0. The van der Waals surface area contributed by atoms with Crippen molar-refractivity contribution in [3.05, 3.63) is 59.9 Å². The maximum atomic E-state index is 13.1. The summed E-state index contributed by atoms with van der Waals surface area (Å²) in [6, 6.07) is 12.9. The van der Waals surface area contributed by atoms with Crippen molar-refractivity contribution in [2.24, 2.45) is 0 Å². The Morgan fingerprint density at radius 2 is 1.92 bits per heavy atom. The number of halogens is 1. The SMILES string of the molecule is COc1ccccc1CN(CC(=O)Nc1cccc(F)c1)C(C)=O. The van der Waals surface area contributed by atoms with Gasteiger partial charge in [0.25, 0.3) is 0 Å². The number of ether oxygens (including phenoxy) is 1. The van der Waals surface area contributed by atoms with Crippen LogP contribution < -0.4 is 10.1 Å². The molecule has 0 atom stereocenters. The lowest BCUT2D eigenvalue weighted by atomic mass is 10.2. The summed E-state index contributed by atoms with van der Waals surface area (Å²) < 4.78 is 18.4. The average Bonchev–Trinajstić information content (AvgIpc) is 2.54. The molecule has 2 amide bonds. The number of carbonyl (C=O) groups excluding carboxylic acids is 2. The molecular weight excluding hydrogens is 311 g/mol. The number of amides is 2. The summed E-state index contributed by atoms with van der Waals surface area (Å²) in [5, 5.41) is 2.58. The lowest BCUT2D eigenvalue weighted by molar-refractivity contribution is -0.133. The van der Waals surface area contributed by atoms with E-state index in [4.69, 9.17) is 4.74 Å². The van der Waals surface area contributed by atoms with Gasteiger partial charge in [-0.2, -0.15) is 0 Å². The second-order valence-corrected chi connectivity index (χ2v) is 5.25. The Bertz CT molecular complexity index is 734. The van der Waals surface area contributed by atoms with Gasteiger partial charge in [0.1, 0.15) is 18.1 Å². The van der Waals surface area contributed by atoms with Gasteiger partial charge >= 0.3 is 0 Å². The Morgan fingerprint density at radius 3 is 2.58 bits per heavy atom. The van der Waals surface area contributed by atoms with Crippen molar-refractivity contribution >= 4 is 17.5 Å². The molecule has 1 N–H and O–H groups in total. The molecule has 0 aromatic heterocycles. The molecule has 0 fully saturated rings. The van der Waals surface area contributed by atoms with Gasteiger partial charge in [0.05, 0.1) is 7.11 Å². The van der Waals surface area contributed by atoms with Crippen LogP contribution in [0.2, 0.25) is 0 Å². The zero-order chi connectivity index (χ0) is 17.5. The summed E-state index contributed by atoms with van der Waals surface area (Å²) in [4.78, 5) is 25.4. The zero-order valence-electron chi connectivity index (χ0n) is 13.6. The molecule has 0 aliphatic rings. The third-order valence-electron chi connectivity index (χ3n) is 3.44. The lowest BCUT2D eigenvalue weighted by Crippen LogP contribution is -2.36. The van der Waals surface area contributed by atoms with Gasteiger partial charge in [0.2, 0.25) is 11.8 Å². The van der Waals surface area contributed by atoms with Crippen LogP contribution in [0.5, 0.6) is 5.75 Å². The normalized spacial score (nSPS) is 10.1. The van der Waals surface area contributed by atoms with Crippen LogP contribution in [0.1, 0.15) is 12.5 Å². The van der Waals surface area contributed by atoms with Crippen LogP contribution in [-0.4, -0.2) is 30.4 Å². The first-order valence-corrected chi connectivity index (χ1v) is 7.42. The Labute approximate surface area is 140 Å². The highest BCUT2D eigenvalue weighted by atomic mass is 19.1. The second kappa shape index (κ2) is 8.10. The van der Waals surface area contributed by atoms with Crippen LogP contribution in [0, 0.1) is 5.82 Å². The highest BCUT2D eigenvalue weighted by Crippen LogP contribution is 2.19. The number of nitrogens with zero attached hydrogens (tertiary/aromatic N) is 1. The Hall–Kier alpha value is -2.89. The summed E-state index contributed by atoms with van der Waals surface area (Å²) in [5.74, 6) is -0.430. The van der Waals surface area contributed by atoms with Crippen molar-refractivity contribution in [2.45, 2.75) is 13.5 Å². The highest BCUT2D eigenvalue weighted by Gasteiger charge is 2.16. The van der Waals surface area contributed by atoms with E-state index in [0.717, 1.165) is 5.56 Å². The molecule has 0 spiro atoms. The van der Waals surface area contributed by atoms with Crippen molar-refractivity contribution in [2.75, 3.05) is 19.0 Å². The number of benzene rings is 2. The minimum atomic E-state index is -0.440. The number of carbonyl (C=O) groups is 2. The zero-order valence-corrected chi connectivity index (χ0v) is 13.6. The van der Waals surface area contributed by atoms with Crippen molar-refractivity contribution in [1.29, 1.82) is 0 Å². The molecule has 5 nitrogen and oxygen atoms in total. The van der Waals surface area contributed by atoms with Gasteiger partial charge in [0.15, 0.2) is 0 Å². The first-order chi connectivity index (χ1) is 11.5. The number of rotatable bonds is 6. The summed E-state index contributed by atoms with van der Waals surface area (Å²) in [7, 11) is 1.55. The number of hydrogen-bond donors (Lipinski definition) is 1. The van der Waals surface area contributed by atoms with Crippen molar-refractivity contribution in [1.82, 2.24) is 4.90 Å². The van der Waals surface area contributed by atoms with Gasteiger partial charge in [-0.25, -0.2) is 4.39 Å². The first kappa shape index (κ1) is 17.5. The van der Waals surface area contributed by atoms with Gasteiger partial charge in [-0.3, -0.25) is 9.59 Å². The van der Waals surface area contributed by atoms with E-state index in [9.17, 15) is 14.0 Å². The average molecular weight is 330 g/mol. The quantitative estimate of drug-likeness (QED) is 0.886. The molecular formula is C18H19FN2O3. The van der Waals surface area contributed by atoms with E-state index in [-0.39, 0.29) is 19.0 Å². The number of para-hydroxylation sites is 1. The van der Waals surface area contributed by atoms with E-state index in [1.165, 1.54) is 30.0 Å². The molecule has 2 aromatic rings. The van der Waals surface area contributed by atoms with Crippen LogP contribution in [0.3, 0.4) is 0 Å². The molecule has 0 saturated heterocycles. The molecule has 0 aliphatic carbocycles. The third-order valence-corrected chi connectivity index (χ3v) is 3.44. The third kappa shape index (κ3) is 4.81. The topological polar surface area (TPSA) is 58.6 Å². The van der Waals surface area contributed by atoms with E-state index in [2.05, 4.69) is 5.32 Å². The molecule has 126 valence electrons. The first-order valence-electron chi connectivity index (χ1n) is 7.42. The summed E-state index contributed by atoms with van der Waals surface area (Å²) >= 11 is 0.